The van der Waals surface area contributed by atoms with Crippen molar-refractivity contribution >= 4 is 11.0 Å². The van der Waals surface area contributed by atoms with Crippen LogP contribution in [0.3, 0.4) is 0 Å². The monoisotopic (exact) mass is 240 g/mol. The Morgan fingerprint density at radius 3 is 2.61 bits per heavy atom. The molecule has 0 radical (unpaired) electrons. The zero-order valence-electron chi connectivity index (χ0n) is 9.20. The van der Waals surface area contributed by atoms with Gasteiger partial charge in [0.2, 0.25) is 0 Å². The maximum atomic E-state index is 11.6. The van der Waals surface area contributed by atoms with Crippen LogP contribution in [0, 0.1) is 0 Å². The fourth-order valence-electron chi connectivity index (χ4n) is 1.66. The van der Waals surface area contributed by atoms with Gasteiger partial charge in [-0.25, -0.2) is 9.78 Å². The number of nitrogens with zero attached hydrogens (tertiary/aromatic N) is 3. The van der Waals surface area contributed by atoms with Gasteiger partial charge in [0, 0.05) is 12.3 Å². The topological polar surface area (TPSA) is 80.6 Å². The summed E-state index contributed by atoms with van der Waals surface area (Å²) in [4.78, 5) is 33.3. The van der Waals surface area contributed by atoms with Crippen molar-refractivity contribution in [3.8, 4) is 5.82 Å². The average Bonchev–Trinajstić information content (AvgIpc) is 2.38. The number of para-hydroxylation sites is 2. The van der Waals surface area contributed by atoms with Gasteiger partial charge >= 0.3 is 5.69 Å². The van der Waals surface area contributed by atoms with Gasteiger partial charge in [0.25, 0.3) is 5.56 Å². The summed E-state index contributed by atoms with van der Waals surface area (Å²) in [5, 5.41) is 0. The first-order chi connectivity index (χ1) is 8.74. The van der Waals surface area contributed by atoms with Crippen molar-refractivity contribution in [2.75, 3.05) is 0 Å². The van der Waals surface area contributed by atoms with E-state index >= 15 is 0 Å². The lowest BCUT2D eigenvalue weighted by molar-refractivity contribution is 0.866. The third kappa shape index (κ3) is 1.69. The molecule has 1 N–H and O–H groups in total. The summed E-state index contributed by atoms with van der Waals surface area (Å²) in [6, 6.07) is 8.61. The Hall–Kier alpha value is -2.76. The number of aromatic nitrogens is 4. The molecule has 3 aromatic rings. The molecule has 0 saturated heterocycles. The van der Waals surface area contributed by atoms with Crippen molar-refractivity contribution in [1.82, 2.24) is 19.5 Å². The van der Waals surface area contributed by atoms with E-state index in [1.165, 1.54) is 23.0 Å². The van der Waals surface area contributed by atoms with Crippen LogP contribution >= 0.6 is 0 Å². The average molecular weight is 240 g/mol. The lowest BCUT2D eigenvalue weighted by Crippen LogP contribution is -2.28. The van der Waals surface area contributed by atoms with Gasteiger partial charge < -0.3 is 0 Å². The number of benzene rings is 1. The first-order valence-corrected chi connectivity index (χ1v) is 5.28. The molecule has 0 bridgehead atoms. The third-order valence-electron chi connectivity index (χ3n) is 2.51. The predicted octanol–water partition coefficient (Wildman–Crippen LogP) is 0.469. The maximum Gasteiger partial charge on any atom is 0.334 e. The van der Waals surface area contributed by atoms with E-state index in [4.69, 9.17) is 0 Å². The highest BCUT2D eigenvalue weighted by Gasteiger charge is 2.03. The van der Waals surface area contributed by atoms with E-state index in [2.05, 4.69) is 15.0 Å². The Morgan fingerprint density at radius 2 is 1.83 bits per heavy atom. The zero-order chi connectivity index (χ0) is 12.5. The van der Waals surface area contributed by atoms with Crippen LogP contribution in [0.25, 0.3) is 16.9 Å². The molecule has 0 aliphatic carbocycles. The molecule has 6 nitrogen and oxygen atoms in total. The summed E-state index contributed by atoms with van der Waals surface area (Å²) >= 11 is 0. The van der Waals surface area contributed by atoms with E-state index in [0.717, 1.165) is 5.52 Å². The zero-order valence-corrected chi connectivity index (χ0v) is 9.20. The highest BCUT2D eigenvalue weighted by atomic mass is 16.2. The van der Waals surface area contributed by atoms with Crippen molar-refractivity contribution in [2.45, 2.75) is 0 Å². The van der Waals surface area contributed by atoms with E-state index in [0.29, 0.717) is 11.3 Å². The van der Waals surface area contributed by atoms with Crippen LogP contribution in [-0.2, 0) is 0 Å². The molecule has 0 saturated carbocycles. The largest absolute Gasteiger partial charge is 0.334 e. The van der Waals surface area contributed by atoms with Crippen LogP contribution < -0.4 is 11.2 Å². The number of aromatic amines is 1. The van der Waals surface area contributed by atoms with Crippen LogP contribution in [0.15, 0.2) is 52.3 Å². The van der Waals surface area contributed by atoms with Crippen LogP contribution in [0.5, 0.6) is 0 Å². The molecule has 6 heteroatoms. The van der Waals surface area contributed by atoms with E-state index in [9.17, 15) is 9.59 Å². The summed E-state index contributed by atoms with van der Waals surface area (Å²) in [5.41, 5.74) is 0.462. The molecule has 88 valence electrons. The Labute approximate surface area is 101 Å². The van der Waals surface area contributed by atoms with Crippen molar-refractivity contribution in [2.24, 2.45) is 0 Å². The normalized spacial score (nSPS) is 10.7. The van der Waals surface area contributed by atoms with Gasteiger partial charge in [-0.1, -0.05) is 12.1 Å². The van der Waals surface area contributed by atoms with Crippen molar-refractivity contribution in [3.05, 3.63) is 63.6 Å². The SMILES string of the molecule is O=c1ccn(-c2cnc3ccccc3n2)c(=O)[nH]1. The van der Waals surface area contributed by atoms with Crippen LogP contribution in [0.4, 0.5) is 0 Å². The third-order valence-corrected chi connectivity index (χ3v) is 2.51. The molecular weight excluding hydrogens is 232 g/mol. The fraction of sp³-hybridized carbons (Fsp3) is 0. The van der Waals surface area contributed by atoms with Gasteiger partial charge in [-0.3, -0.25) is 19.3 Å². The van der Waals surface area contributed by atoms with Crippen LogP contribution in [-0.4, -0.2) is 19.5 Å². The summed E-state index contributed by atoms with van der Waals surface area (Å²) < 4.78 is 1.24. The van der Waals surface area contributed by atoms with Gasteiger partial charge in [0.05, 0.1) is 17.2 Å². The number of rotatable bonds is 1. The van der Waals surface area contributed by atoms with Gasteiger partial charge in [-0.05, 0) is 12.1 Å². The summed E-state index contributed by atoms with van der Waals surface area (Å²) in [6.45, 7) is 0. The molecule has 2 aromatic heterocycles. The molecule has 0 unspecified atom stereocenters. The first-order valence-electron chi connectivity index (χ1n) is 5.28. The number of H-pyrrole nitrogens is 1. The van der Waals surface area contributed by atoms with Crippen molar-refractivity contribution in [3.63, 3.8) is 0 Å². The van der Waals surface area contributed by atoms with Gasteiger partial charge in [0.15, 0.2) is 5.82 Å². The summed E-state index contributed by atoms with van der Waals surface area (Å²) in [5.74, 6) is 0.370. The summed E-state index contributed by atoms with van der Waals surface area (Å²) in [6.07, 6.45) is 2.86. The Kier molecular flexibility index (Phi) is 2.26. The maximum absolute atomic E-state index is 11.6. The highest BCUT2D eigenvalue weighted by Crippen LogP contribution is 2.09. The van der Waals surface area contributed by atoms with Crippen molar-refractivity contribution in [1.29, 1.82) is 0 Å². The predicted molar refractivity (Wildman–Crippen MR) is 65.8 cm³/mol. The Bertz CT molecular complexity index is 835. The lowest BCUT2D eigenvalue weighted by atomic mass is 10.3. The standard InChI is InChI=1S/C12H8N4O2/c17-11-5-6-16(12(18)15-11)10-7-13-8-3-1-2-4-9(8)14-10/h1-7H,(H,15,17,18). The minimum Gasteiger partial charge on any atom is -0.274 e. The molecule has 0 atom stereocenters. The number of nitrogens with one attached hydrogen (secondary N) is 1. The molecule has 0 fully saturated rings. The molecule has 3 rings (SSSR count). The second-order valence-corrected chi connectivity index (χ2v) is 3.70. The molecule has 0 spiro atoms. The number of fused-ring (bicyclic) bond motifs is 1. The van der Waals surface area contributed by atoms with Crippen LogP contribution in [0.2, 0.25) is 0 Å². The minimum atomic E-state index is -0.535. The Balaban J connectivity index is 2.25. The van der Waals surface area contributed by atoms with E-state index in [-0.39, 0.29) is 0 Å². The second-order valence-electron chi connectivity index (χ2n) is 3.70. The quantitative estimate of drug-likeness (QED) is 0.670. The Morgan fingerprint density at radius 1 is 1.06 bits per heavy atom. The van der Waals surface area contributed by atoms with Gasteiger partial charge in [0.1, 0.15) is 0 Å². The molecule has 0 amide bonds. The minimum absolute atomic E-state index is 0.370. The summed E-state index contributed by atoms with van der Waals surface area (Å²) in [7, 11) is 0. The molecule has 0 aliphatic heterocycles. The van der Waals surface area contributed by atoms with Crippen molar-refractivity contribution < 1.29 is 0 Å². The highest BCUT2D eigenvalue weighted by molar-refractivity contribution is 5.74. The lowest BCUT2D eigenvalue weighted by Gasteiger charge is -2.03. The molecular formula is C12H8N4O2. The number of hydrogen-bond donors (Lipinski definition) is 1. The van der Waals surface area contributed by atoms with E-state index in [1.807, 2.05) is 24.3 Å². The van der Waals surface area contributed by atoms with E-state index in [1.54, 1.807) is 0 Å². The van der Waals surface area contributed by atoms with Crippen LogP contribution in [0.1, 0.15) is 0 Å². The fourth-order valence-corrected chi connectivity index (χ4v) is 1.66. The van der Waals surface area contributed by atoms with Gasteiger partial charge in [-0.15, -0.1) is 0 Å². The smallest absolute Gasteiger partial charge is 0.274 e. The van der Waals surface area contributed by atoms with E-state index < -0.39 is 11.2 Å². The molecule has 2 heterocycles. The molecule has 1 aromatic carbocycles. The number of hydrogen-bond acceptors (Lipinski definition) is 4. The first kappa shape index (κ1) is 10.4. The molecule has 0 aliphatic rings. The second kappa shape index (κ2) is 3.92. The molecule has 18 heavy (non-hydrogen) atoms. The van der Waals surface area contributed by atoms with Gasteiger partial charge in [-0.2, -0.15) is 0 Å².